The Labute approximate surface area is 129 Å². The highest BCUT2D eigenvalue weighted by molar-refractivity contribution is 8.05. The quantitative estimate of drug-likeness (QED) is 0.759. The lowest BCUT2D eigenvalue weighted by Gasteiger charge is -2.47. The minimum Gasteiger partial charge on any atom is -0.477 e. The van der Waals surface area contributed by atoms with E-state index in [4.69, 9.17) is 5.73 Å². The summed E-state index contributed by atoms with van der Waals surface area (Å²) in [5.74, 6) is -0.377. The molecule has 21 heavy (non-hydrogen) atoms. The van der Waals surface area contributed by atoms with Gasteiger partial charge in [0.2, 0.25) is 5.91 Å². The zero-order valence-corrected chi connectivity index (χ0v) is 12.4. The van der Waals surface area contributed by atoms with Crippen LogP contribution in [0.1, 0.15) is 5.69 Å². The first kappa shape index (κ1) is 14.4. The second kappa shape index (κ2) is 5.66. The molecular weight excluding hydrogens is 312 g/mol. The molecule has 0 aromatic carbocycles. The van der Waals surface area contributed by atoms with Crippen LogP contribution in [0.25, 0.3) is 0 Å². The molecule has 0 bridgehead atoms. The van der Waals surface area contributed by atoms with Gasteiger partial charge in [-0.05, 0) is 0 Å². The van der Waals surface area contributed by atoms with Gasteiger partial charge in [-0.2, -0.15) is 0 Å². The molecule has 2 aliphatic rings. The zero-order valence-electron chi connectivity index (χ0n) is 10.8. The Kier molecular flexibility index (Phi) is 3.87. The summed E-state index contributed by atoms with van der Waals surface area (Å²) < 4.78 is 0. The van der Waals surface area contributed by atoms with E-state index in [0.717, 1.165) is 5.69 Å². The van der Waals surface area contributed by atoms with E-state index >= 15 is 0 Å². The maximum absolute atomic E-state index is 11.8. The molecule has 3 rings (SSSR count). The summed E-state index contributed by atoms with van der Waals surface area (Å²) in [4.78, 5) is 33.3. The van der Waals surface area contributed by atoms with Crippen LogP contribution in [0.4, 0.5) is 0 Å². The largest absolute Gasteiger partial charge is 0.477 e. The molecule has 1 amide bonds. The van der Waals surface area contributed by atoms with Gasteiger partial charge >= 0.3 is 5.97 Å². The Morgan fingerprint density at radius 3 is 3.05 bits per heavy atom. The molecule has 2 atom stereocenters. The van der Waals surface area contributed by atoms with E-state index in [1.54, 1.807) is 18.6 Å². The number of β-lactam (4-membered cyclic amide) rings is 1. The number of aliphatic carboxylic acids is 1. The fourth-order valence-corrected chi connectivity index (χ4v) is 4.64. The first-order valence-corrected chi connectivity index (χ1v) is 8.17. The van der Waals surface area contributed by atoms with Crippen LogP contribution < -0.4 is 5.73 Å². The van der Waals surface area contributed by atoms with Gasteiger partial charge < -0.3 is 10.8 Å². The number of amides is 1. The molecule has 7 nitrogen and oxygen atoms in total. The third-order valence-electron chi connectivity index (χ3n) is 3.19. The smallest absolute Gasteiger partial charge is 0.353 e. The Bertz CT molecular complexity index is 622. The average Bonchev–Trinajstić information content (AvgIpc) is 2.52. The highest BCUT2D eigenvalue weighted by atomic mass is 32.2. The molecule has 2 aliphatic heterocycles. The Morgan fingerprint density at radius 1 is 1.57 bits per heavy atom. The van der Waals surface area contributed by atoms with Crippen molar-refractivity contribution in [3.8, 4) is 0 Å². The molecule has 3 N–H and O–H groups in total. The van der Waals surface area contributed by atoms with Crippen molar-refractivity contribution in [1.29, 1.82) is 0 Å². The Morgan fingerprint density at radius 2 is 2.38 bits per heavy atom. The number of carboxylic acids is 1. The molecular formula is C12H12N4O3S2. The topological polar surface area (TPSA) is 109 Å². The van der Waals surface area contributed by atoms with Crippen LogP contribution in [0.15, 0.2) is 29.2 Å². The van der Waals surface area contributed by atoms with Gasteiger partial charge in [0.05, 0.1) is 5.69 Å². The predicted molar refractivity (Wildman–Crippen MR) is 79.1 cm³/mol. The van der Waals surface area contributed by atoms with Gasteiger partial charge in [0.15, 0.2) is 0 Å². The molecule has 0 radical (unpaired) electrons. The van der Waals surface area contributed by atoms with E-state index in [9.17, 15) is 14.7 Å². The van der Waals surface area contributed by atoms with Crippen molar-refractivity contribution in [3.63, 3.8) is 0 Å². The van der Waals surface area contributed by atoms with Gasteiger partial charge in [-0.15, -0.1) is 23.5 Å². The number of rotatable bonds is 4. The maximum Gasteiger partial charge on any atom is 0.353 e. The van der Waals surface area contributed by atoms with Gasteiger partial charge in [0.1, 0.15) is 17.1 Å². The first-order chi connectivity index (χ1) is 10.1. The highest BCUT2D eigenvalue weighted by Gasteiger charge is 2.51. The van der Waals surface area contributed by atoms with Crippen LogP contribution in [-0.2, 0) is 15.3 Å². The second-order valence-corrected chi connectivity index (χ2v) is 6.67. The molecule has 3 heterocycles. The van der Waals surface area contributed by atoms with Gasteiger partial charge in [-0.1, -0.05) is 0 Å². The lowest BCUT2D eigenvalue weighted by molar-refractivity contribution is -0.147. The van der Waals surface area contributed by atoms with Gasteiger partial charge in [0, 0.05) is 35.0 Å². The lowest BCUT2D eigenvalue weighted by Crippen LogP contribution is -2.68. The minimum absolute atomic E-state index is 0.0549. The van der Waals surface area contributed by atoms with Crippen LogP contribution in [0, 0.1) is 0 Å². The standard InChI is InChI=1S/C12H12N4O3S2/c13-8-10(17)16-9(12(18)19)7(5-21-11(8)16)20-4-6-3-14-1-2-15-6/h1-3,8,11H,4-5,13H2,(H,18,19)/t8-,11-/m1/s1. The summed E-state index contributed by atoms with van der Waals surface area (Å²) in [6.07, 6.45) is 4.81. The zero-order chi connectivity index (χ0) is 15.0. The van der Waals surface area contributed by atoms with Gasteiger partial charge in [-0.25, -0.2) is 4.79 Å². The number of aromatic nitrogens is 2. The summed E-state index contributed by atoms with van der Waals surface area (Å²) in [5, 5.41) is 9.13. The van der Waals surface area contributed by atoms with Crippen LogP contribution in [0.2, 0.25) is 0 Å². The Balaban J connectivity index is 1.81. The van der Waals surface area contributed by atoms with E-state index in [-0.39, 0.29) is 17.0 Å². The molecule has 1 aromatic heterocycles. The molecule has 110 valence electrons. The van der Waals surface area contributed by atoms with Crippen LogP contribution in [0.3, 0.4) is 0 Å². The summed E-state index contributed by atoms with van der Waals surface area (Å²) >= 11 is 2.86. The molecule has 0 saturated carbocycles. The van der Waals surface area contributed by atoms with Crippen LogP contribution >= 0.6 is 23.5 Å². The molecule has 1 fully saturated rings. The van der Waals surface area contributed by atoms with Crippen molar-refractivity contribution < 1.29 is 14.7 Å². The maximum atomic E-state index is 11.8. The highest BCUT2D eigenvalue weighted by Crippen LogP contribution is 2.43. The third-order valence-corrected chi connectivity index (χ3v) is 5.80. The van der Waals surface area contributed by atoms with E-state index < -0.39 is 12.0 Å². The average molecular weight is 324 g/mol. The predicted octanol–water partition coefficient (Wildman–Crippen LogP) is 0.248. The van der Waals surface area contributed by atoms with E-state index in [0.29, 0.717) is 16.4 Å². The number of nitrogens with zero attached hydrogens (tertiary/aromatic N) is 3. The molecule has 0 spiro atoms. The van der Waals surface area contributed by atoms with Crippen molar-refractivity contribution in [2.45, 2.75) is 17.2 Å². The number of fused-ring (bicyclic) bond motifs is 1. The summed E-state index contributed by atoms with van der Waals surface area (Å²) in [5.41, 5.74) is 6.51. The van der Waals surface area contributed by atoms with Crippen LogP contribution in [-0.4, -0.2) is 49.0 Å². The normalized spacial score (nSPS) is 24.6. The third kappa shape index (κ3) is 2.52. The fraction of sp³-hybridized carbons (Fsp3) is 0.333. The number of hydrogen-bond donors (Lipinski definition) is 2. The second-order valence-electron chi connectivity index (χ2n) is 4.50. The summed E-state index contributed by atoms with van der Waals surface area (Å²) in [6.45, 7) is 0. The number of carboxylic acid groups (broad SMARTS) is 1. The number of carbonyl (C=O) groups is 2. The van der Waals surface area contributed by atoms with E-state index in [1.165, 1.54) is 28.4 Å². The van der Waals surface area contributed by atoms with E-state index in [2.05, 4.69) is 9.97 Å². The van der Waals surface area contributed by atoms with Crippen molar-refractivity contribution in [2.24, 2.45) is 5.73 Å². The van der Waals surface area contributed by atoms with Crippen molar-refractivity contribution in [2.75, 3.05) is 5.75 Å². The van der Waals surface area contributed by atoms with Crippen molar-refractivity contribution in [3.05, 3.63) is 34.9 Å². The van der Waals surface area contributed by atoms with E-state index in [1.807, 2.05) is 0 Å². The molecule has 1 saturated heterocycles. The summed E-state index contributed by atoms with van der Waals surface area (Å²) in [7, 11) is 0. The molecule has 0 unspecified atom stereocenters. The molecule has 1 aromatic rings. The monoisotopic (exact) mass is 324 g/mol. The Hall–Kier alpha value is -1.58. The van der Waals surface area contributed by atoms with Gasteiger partial charge in [0.25, 0.3) is 0 Å². The number of nitrogens with two attached hydrogens (primary N) is 1. The summed E-state index contributed by atoms with van der Waals surface area (Å²) in [6, 6.07) is -0.601. The number of thioether (sulfide) groups is 2. The minimum atomic E-state index is -1.10. The lowest BCUT2D eigenvalue weighted by atomic mass is 10.1. The van der Waals surface area contributed by atoms with Gasteiger partial charge in [-0.3, -0.25) is 19.7 Å². The molecule has 0 aliphatic carbocycles. The van der Waals surface area contributed by atoms with Crippen molar-refractivity contribution in [1.82, 2.24) is 14.9 Å². The van der Waals surface area contributed by atoms with Crippen LogP contribution in [0.5, 0.6) is 0 Å². The SMILES string of the molecule is N[C@@H]1C(=O)N2C(C(=O)O)=C(SCc3cnccn3)CS[C@H]12. The fourth-order valence-electron chi connectivity index (χ4n) is 2.16. The van der Waals surface area contributed by atoms with Crippen molar-refractivity contribution >= 4 is 35.4 Å². The first-order valence-electron chi connectivity index (χ1n) is 6.14. The number of carbonyl (C=O) groups excluding carboxylic acids is 1. The molecule has 9 heteroatoms. The number of hydrogen-bond acceptors (Lipinski definition) is 7.